The number of rotatable bonds is 6. The van der Waals surface area contributed by atoms with Gasteiger partial charge in [0.05, 0.1) is 18.4 Å². The minimum absolute atomic E-state index is 0.202. The van der Waals surface area contributed by atoms with Crippen molar-refractivity contribution < 1.29 is 9.84 Å². The van der Waals surface area contributed by atoms with Crippen LogP contribution in [0.15, 0.2) is 76.5 Å². The van der Waals surface area contributed by atoms with E-state index in [1.807, 2.05) is 60.7 Å². The molecule has 0 saturated carbocycles. The summed E-state index contributed by atoms with van der Waals surface area (Å²) in [6.45, 7) is 4.11. The van der Waals surface area contributed by atoms with Crippen LogP contribution in [0, 0.1) is 0 Å². The summed E-state index contributed by atoms with van der Waals surface area (Å²) in [5.74, 6) is 0.599. The zero-order valence-corrected chi connectivity index (χ0v) is 21.0. The zero-order valence-electron chi connectivity index (χ0n) is 21.0. The Morgan fingerprint density at radius 3 is 2.27 bits per heavy atom. The number of aromatic nitrogens is 1. The predicted octanol–water partition coefficient (Wildman–Crippen LogP) is 4.92. The Kier molecular flexibility index (Phi) is 7.05. The predicted molar refractivity (Wildman–Crippen MR) is 152 cm³/mol. The molecule has 0 unspecified atom stereocenters. The number of nitrogens with zero attached hydrogens (tertiary/aromatic N) is 3. The number of ether oxygens (including phenoxy) is 1. The number of aromatic hydroxyl groups is 1. The second-order valence-corrected chi connectivity index (χ2v) is 9.19. The number of methoxy groups -OCH3 is 1. The van der Waals surface area contributed by atoms with Gasteiger partial charge in [-0.15, -0.1) is 0 Å². The number of hydrogen-bond donors (Lipinski definition) is 2. The molecular weight excluding hydrogens is 464 g/mol. The van der Waals surface area contributed by atoms with Gasteiger partial charge in [0.15, 0.2) is 0 Å². The first-order chi connectivity index (χ1) is 18.0. The molecule has 0 amide bonds. The van der Waals surface area contributed by atoms with Gasteiger partial charge in [0, 0.05) is 48.9 Å². The highest BCUT2D eigenvalue weighted by atomic mass is 16.5. The maximum atomic E-state index is 12.5. The van der Waals surface area contributed by atoms with Crippen LogP contribution in [-0.4, -0.2) is 61.5 Å². The lowest BCUT2D eigenvalue weighted by molar-refractivity contribution is 0.313. The Balaban J connectivity index is 1.41. The molecule has 0 spiro atoms. The number of hydrogen-bond acceptors (Lipinski definition) is 6. The monoisotopic (exact) mass is 494 g/mol. The SMILES string of the molecule is COc1ccc(C=Cc2ccc3c(=O)[nH]c(O)c(C=Nc4ccc(N5CCN(C)CC5)cc4)c3c2)cc1. The number of H-pyrrole nitrogens is 1. The lowest BCUT2D eigenvalue weighted by Crippen LogP contribution is -2.44. The van der Waals surface area contributed by atoms with Crippen molar-refractivity contribution in [2.75, 3.05) is 45.2 Å². The highest BCUT2D eigenvalue weighted by Gasteiger charge is 2.14. The van der Waals surface area contributed by atoms with Crippen molar-refractivity contribution in [2.24, 2.45) is 4.99 Å². The molecule has 5 rings (SSSR count). The number of likely N-dealkylation sites (N-methyl/N-ethyl adjacent to an activating group) is 1. The van der Waals surface area contributed by atoms with E-state index in [1.165, 1.54) is 5.69 Å². The van der Waals surface area contributed by atoms with Crippen LogP contribution in [0.3, 0.4) is 0 Å². The van der Waals surface area contributed by atoms with Gasteiger partial charge in [0.2, 0.25) is 5.88 Å². The van der Waals surface area contributed by atoms with Gasteiger partial charge in [0.25, 0.3) is 5.56 Å². The van der Waals surface area contributed by atoms with Crippen molar-refractivity contribution in [2.45, 2.75) is 0 Å². The molecule has 1 saturated heterocycles. The number of piperazine rings is 1. The summed E-state index contributed by atoms with van der Waals surface area (Å²) >= 11 is 0. The molecule has 1 aliphatic heterocycles. The third kappa shape index (κ3) is 5.57. The molecule has 4 aromatic rings. The van der Waals surface area contributed by atoms with Crippen molar-refractivity contribution in [1.29, 1.82) is 0 Å². The topological polar surface area (TPSA) is 81.2 Å². The average Bonchev–Trinajstić information content (AvgIpc) is 2.93. The van der Waals surface area contributed by atoms with Gasteiger partial charge in [0.1, 0.15) is 5.75 Å². The Hall–Kier alpha value is -4.36. The van der Waals surface area contributed by atoms with Gasteiger partial charge < -0.3 is 19.6 Å². The standard InChI is InChI=1S/C30H30N4O3/c1-33-15-17-34(18-16-33)24-10-8-23(9-11-24)31-20-28-27-19-22(7-14-26(27)29(35)32-30(28)36)4-3-21-5-12-25(37-2)13-6-21/h3-14,19-20H,15-18H2,1-2H3,(H2,32,35,36). The molecule has 7 nitrogen and oxygen atoms in total. The highest BCUT2D eigenvalue weighted by Crippen LogP contribution is 2.25. The summed E-state index contributed by atoms with van der Waals surface area (Å²) in [5.41, 5.74) is 4.00. The molecule has 2 N–H and O–H groups in total. The fraction of sp³-hybridized carbons (Fsp3) is 0.200. The third-order valence-electron chi connectivity index (χ3n) is 6.71. The fourth-order valence-electron chi connectivity index (χ4n) is 4.45. The largest absolute Gasteiger partial charge is 0.497 e. The van der Waals surface area contributed by atoms with Crippen molar-refractivity contribution in [3.05, 3.63) is 93.8 Å². The summed E-state index contributed by atoms with van der Waals surface area (Å²) in [5, 5.41) is 11.7. The summed E-state index contributed by atoms with van der Waals surface area (Å²) in [6, 6.07) is 21.4. The van der Waals surface area contributed by atoms with E-state index in [1.54, 1.807) is 19.4 Å². The highest BCUT2D eigenvalue weighted by molar-refractivity contribution is 6.02. The summed E-state index contributed by atoms with van der Waals surface area (Å²) in [4.78, 5) is 24.3. The quantitative estimate of drug-likeness (QED) is 0.294. The van der Waals surface area contributed by atoms with Crippen LogP contribution in [0.1, 0.15) is 16.7 Å². The van der Waals surface area contributed by atoms with Crippen molar-refractivity contribution in [3.8, 4) is 11.6 Å². The number of pyridine rings is 1. The van der Waals surface area contributed by atoms with Crippen molar-refractivity contribution in [3.63, 3.8) is 0 Å². The molecule has 37 heavy (non-hydrogen) atoms. The van der Waals surface area contributed by atoms with Gasteiger partial charge in [-0.25, -0.2) is 0 Å². The van der Waals surface area contributed by atoms with Gasteiger partial charge in [-0.3, -0.25) is 14.8 Å². The first kappa shape index (κ1) is 24.3. The lowest BCUT2D eigenvalue weighted by atomic mass is 10.0. The summed E-state index contributed by atoms with van der Waals surface area (Å²) in [7, 11) is 3.78. The molecule has 188 valence electrons. The molecule has 1 aromatic heterocycles. The minimum atomic E-state index is -0.341. The molecular formula is C30H30N4O3. The molecule has 7 heteroatoms. The number of aliphatic imine (C=N–C) groups is 1. The van der Waals surface area contributed by atoms with E-state index >= 15 is 0 Å². The Morgan fingerprint density at radius 2 is 1.57 bits per heavy atom. The Labute approximate surface area is 216 Å². The number of aromatic amines is 1. The van der Waals surface area contributed by atoms with E-state index in [2.05, 4.69) is 39.0 Å². The van der Waals surface area contributed by atoms with E-state index in [-0.39, 0.29) is 11.4 Å². The first-order valence-corrected chi connectivity index (χ1v) is 12.3. The number of nitrogens with one attached hydrogen (secondary N) is 1. The smallest absolute Gasteiger partial charge is 0.258 e. The molecule has 1 fully saturated rings. The molecule has 1 aliphatic rings. The second-order valence-electron chi connectivity index (χ2n) is 9.19. The molecule has 0 bridgehead atoms. The zero-order chi connectivity index (χ0) is 25.8. The van der Waals surface area contributed by atoms with Crippen LogP contribution in [-0.2, 0) is 0 Å². The van der Waals surface area contributed by atoms with Gasteiger partial charge in [-0.1, -0.05) is 30.4 Å². The molecule has 2 heterocycles. The maximum absolute atomic E-state index is 12.5. The Bertz CT molecular complexity index is 1500. The molecule has 0 atom stereocenters. The number of fused-ring (bicyclic) bond motifs is 1. The molecule has 0 radical (unpaired) electrons. The first-order valence-electron chi connectivity index (χ1n) is 12.3. The van der Waals surface area contributed by atoms with Crippen molar-refractivity contribution in [1.82, 2.24) is 9.88 Å². The number of benzene rings is 3. The average molecular weight is 495 g/mol. The van der Waals surface area contributed by atoms with Gasteiger partial charge >= 0.3 is 0 Å². The fourth-order valence-corrected chi connectivity index (χ4v) is 4.45. The minimum Gasteiger partial charge on any atom is -0.497 e. The van der Waals surface area contributed by atoms with Crippen LogP contribution in [0.4, 0.5) is 11.4 Å². The van der Waals surface area contributed by atoms with Crippen molar-refractivity contribution >= 4 is 40.5 Å². The van der Waals surface area contributed by atoms with Crippen LogP contribution in [0.25, 0.3) is 22.9 Å². The lowest BCUT2D eigenvalue weighted by Gasteiger charge is -2.34. The maximum Gasteiger partial charge on any atom is 0.258 e. The third-order valence-corrected chi connectivity index (χ3v) is 6.71. The van der Waals surface area contributed by atoms with E-state index in [0.29, 0.717) is 16.3 Å². The van der Waals surface area contributed by atoms with Crippen LogP contribution < -0.4 is 15.2 Å². The molecule has 3 aromatic carbocycles. The van der Waals surface area contributed by atoms with E-state index in [0.717, 1.165) is 48.7 Å². The van der Waals surface area contributed by atoms with Gasteiger partial charge in [-0.2, -0.15) is 0 Å². The van der Waals surface area contributed by atoms with E-state index in [4.69, 9.17) is 4.74 Å². The van der Waals surface area contributed by atoms with Crippen LogP contribution in [0.5, 0.6) is 11.6 Å². The molecule has 0 aliphatic carbocycles. The van der Waals surface area contributed by atoms with Gasteiger partial charge in [-0.05, 0) is 66.7 Å². The van der Waals surface area contributed by atoms with Crippen LogP contribution >= 0.6 is 0 Å². The van der Waals surface area contributed by atoms with Crippen LogP contribution in [0.2, 0.25) is 0 Å². The summed E-state index contributed by atoms with van der Waals surface area (Å²) < 4.78 is 5.21. The van der Waals surface area contributed by atoms with E-state index in [9.17, 15) is 9.90 Å². The summed E-state index contributed by atoms with van der Waals surface area (Å²) in [6.07, 6.45) is 5.57. The normalized spacial score (nSPS) is 14.7. The Morgan fingerprint density at radius 1 is 0.892 bits per heavy atom. The van der Waals surface area contributed by atoms with E-state index < -0.39 is 0 Å². The second kappa shape index (κ2) is 10.7. The number of anilines is 1.